The summed E-state index contributed by atoms with van der Waals surface area (Å²) in [6, 6.07) is 8.56. The maximum atomic E-state index is 5.59. The van der Waals surface area contributed by atoms with E-state index in [1.165, 1.54) is 5.56 Å². The van der Waals surface area contributed by atoms with Gasteiger partial charge in [0.1, 0.15) is 6.61 Å². The van der Waals surface area contributed by atoms with Gasteiger partial charge >= 0.3 is 0 Å². The van der Waals surface area contributed by atoms with Crippen LogP contribution in [0, 0.1) is 0 Å². The molecule has 1 aliphatic heterocycles. The van der Waals surface area contributed by atoms with Crippen molar-refractivity contribution in [1.82, 2.24) is 0 Å². The first-order valence-electron chi connectivity index (χ1n) is 5.92. The second-order valence-electron chi connectivity index (χ2n) is 4.22. The van der Waals surface area contributed by atoms with Gasteiger partial charge in [-0.05, 0) is 37.1 Å². The van der Waals surface area contributed by atoms with Crippen molar-refractivity contribution in [1.29, 1.82) is 0 Å². The lowest BCUT2D eigenvalue weighted by molar-refractivity contribution is 0.305. The van der Waals surface area contributed by atoms with Gasteiger partial charge in [0.2, 0.25) is 0 Å². The molecular weight excluding hydrogens is 280 g/mol. The van der Waals surface area contributed by atoms with Crippen molar-refractivity contribution in [3.05, 3.63) is 34.3 Å². The van der Waals surface area contributed by atoms with Crippen LogP contribution in [0.3, 0.4) is 0 Å². The predicted octanol–water partition coefficient (Wildman–Crippen LogP) is 2.53. The van der Waals surface area contributed by atoms with Crippen LogP contribution in [-0.2, 0) is 11.2 Å². The zero-order valence-electron chi connectivity index (χ0n) is 9.73. The van der Waals surface area contributed by atoms with Crippen molar-refractivity contribution in [2.24, 2.45) is 10.7 Å². The predicted molar refractivity (Wildman–Crippen MR) is 73.3 cm³/mol. The number of benzene rings is 1. The van der Waals surface area contributed by atoms with E-state index in [0.717, 1.165) is 36.2 Å². The van der Waals surface area contributed by atoms with Crippen molar-refractivity contribution >= 4 is 21.8 Å². The van der Waals surface area contributed by atoms with Gasteiger partial charge in [-0.25, -0.2) is 4.99 Å². The Bertz CT molecular complexity index is 389. The van der Waals surface area contributed by atoms with Gasteiger partial charge in [-0.1, -0.05) is 28.1 Å². The average Bonchev–Trinajstić information content (AvgIpc) is 2.77. The Balaban J connectivity index is 1.89. The van der Waals surface area contributed by atoms with Crippen molar-refractivity contribution in [3.63, 3.8) is 0 Å². The molecule has 0 radical (unpaired) electrons. The van der Waals surface area contributed by atoms with Gasteiger partial charge < -0.3 is 10.5 Å². The van der Waals surface area contributed by atoms with Crippen LogP contribution in [0.25, 0.3) is 0 Å². The van der Waals surface area contributed by atoms with Gasteiger partial charge in [-0.3, -0.25) is 0 Å². The van der Waals surface area contributed by atoms with Crippen LogP contribution in [0.5, 0.6) is 0 Å². The number of aliphatic imine (C=N–C) groups is 1. The first kappa shape index (κ1) is 12.6. The molecule has 0 aliphatic carbocycles. The maximum absolute atomic E-state index is 5.59. The molecule has 0 spiro atoms. The summed E-state index contributed by atoms with van der Waals surface area (Å²) in [5, 5.41) is 0. The maximum Gasteiger partial charge on any atom is 0.188 e. The van der Waals surface area contributed by atoms with Gasteiger partial charge in [0.15, 0.2) is 5.90 Å². The van der Waals surface area contributed by atoms with Crippen LogP contribution in [-0.4, -0.2) is 25.1 Å². The zero-order chi connectivity index (χ0) is 12.1. The largest absolute Gasteiger partial charge is 0.478 e. The van der Waals surface area contributed by atoms with Gasteiger partial charge in [0, 0.05) is 10.9 Å². The minimum Gasteiger partial charge on any atom is -0.478 e. The van der Waals surface area contributed by atoms with E-state index in [1.54, 1.807) is 0 Å². The first-order chi connectivity index (χ1) is 8.28. The minimum atomic E-state index is 0.309. The van der Waals surface area contributed by atoms with E-state index >= 15 is 0 Å². The molecule has 1 heterocycles. The fraction of sp³-hybridized carbons (Fsp3) is 0.462. The van der Waals surface area contributed by atoms with Crippen LogP contribution in [0.15, 0.2) is 33.7 Å². The van der Waals surface area contributed by atoms with Crippen LogP contribution in [0.2, 0.25) is 0 Å². The third-order valence-corrected chi connectivity index (χ3v) is 3.31. The number of rotatable bonds is 5. The summed E-state index contributed by atoms with van der Waals surface area (Å²) in [4.78, 5) is 4.57. The van der Waals surface area contributed by atoms with Gasteiger partial charge in [0.25, 0.3) is 0 Å². The Kier molecular flexibility index (Phi) is 4.57. The molecule has 0 aromatic heterocycles. The summed E-state index contributed by atoms with van der Waals surface area (Å²) in [6.45, 7) is 1.44. The van der Waals surface area contributed by atoms with Gasteiger partial charge in [0.05, 0.1) is 6.04 Å². The summed E-state index contributed by atoms with van der Waals surface area (Å²) in [5.41, 5.74) is 6.71. The SMILES string of the molecule is NCCCC1COC(Cc2ccc(Br)cc2)=N1. The van der Waals surface area contributed by atoms with E-state index in [4.69, 9.17) is 10.5 Å². The highest BCUT2D eigenvalue weighted by molar-refractivity contribution is 9.10. The summed E-state index contributed by atoms with van der Waals surface area (Å²) >= 11 is 3.42. The van der Waals surface area contributed by atoms with Gasteiger partial charge in [-0.2, -0.15) is 0 Å². The number of halogens is 1. The zero-order valence-corrected chi connectivity index (χ0v) is 11.3. The summed E-state index contributed by atoms with van der Waals surface area (Å²) in [5.74, 6) is 0.856. The molecule has 1 aliphatic rings. The van der Waals surface area contributed by atoms with Crippen molar-refractivity contribution in [3.8, 4) is 0 Å². The number of nitrogens with two attached hydrogens (primary N) is 1. The molecule has 0 bridgehead atoms. The molecule has 0 fully saturated rings. The molecule has 1 unspecified atom stereocenters. The Labute approximate surface area is 110 Å². The molecule has 3 nitrogen and oxygen atoms in total. The number of ether oxygens (including phenoxy) is 1. The molecule has 92 valence electrons. The monoisotopic (exact) mass is 296 g/mol. The van der Waals surface area contributed by atoms with Crippen LogP contribution < -0.4 is 5.73 Å². The second-order valence-corrected chi connectivity index (χ2v) is 5.14. The number of nitrogens with zero attached hydrogens (tertiary/aromatic N) is 1. The average molecular weight is 297 g/mol. The molecule has 0 amide bonds. The summed E-state index contributed by atoms with van der Waals surface area (Å²) in [6.07, 6.45) is 2.83. The molecule has 2 rings (SSSR count). The van der Waals surface area contributed by atoms with Crippen molar-refractivity contribution in [2.45, 2.75) is 25.3 Å². The third kappa shape index (κ3) is 3.82. The molecule has 0 saturated carbocycles. The molecule has 1 aromatic rings. The van der Waals surface area contributed by atoms with E-state index < -0.39 is 0 Å². The van der Waals surface area contributed by atoms with E-state index in [0.29, 0.717) is 12.6 Å². The van der Waals surface area contributed by atoms with E-state index in [2.05, 4.69) is 33.1 Å². The van der Waals surface area contributed by atoms with E-state index in [1.807, 2.05) is 12.1 Å². The van der Waals surface area contributed by atoms with Crippen LogP contribution >= 0.6 is 15.9 Å². The van der Waals surface area contributed by atoms with Crippen LogP contribution in [0.1, 0.15) is 18.4 Å². The number of hydrogen-bond acceptors (Lipinski definition) is 3. The topological polar surface area (TPSA) is 47.6 Å². The lowest BCUT2D eigenvalue weighted by Gasteiger charge is -2.02. The molecule has 0 saturated heterocycles. The molecule has 4 heteroatoms. The normalized spacial score (nSPS) is 18.9. The molecule has 1 aromatic carbocycles. The Hall–Kier alpha value is -0.870. The number of hydrogen-bond donors (Lipinski definition) is 1. The minimum absolute atomic E-state index is 0.309. The molecular formula is C13H17BrN2O. The Morgan fingerprint density at radius 1 is 1.35 bits per heavy atom. The second kappa shape index (κ2) is 6.17. The first-order valence-corrected chi connectivity index (χ1v) is 6.71. The summed E-state index contributed by atoms with van der Waals surface area (Å²) in [7, 11) is 0. The molecule has 2 N–H and O–H groups in total. The molecule has 1 atom stereocenters. The van der Waals surface area contributed by atoms with Crippen molar-refractivity contribution < 1.29 is 4.74 Å². The Morgan fingerprint density at radius 2 is 2.12 bits per heavy atom. The lowest BCUT2D eigenvalue weighted by Crippen LogP contribution is -2.09. The van der Waals surface area contributed by atoms with Gasteiger partial charge in [-0.15, -0.1) is 0 Å². The van der Waals surface area contributed by atoms with E-state index in [-0.39, 0.29) is 0 Å². The Morgan fingerprint density at radius 3 is 2.82 bits per heavy atom. The quantitative estimate of drug-likeness (QED) is 0.908. The third-order valence-electron chi connectivity index (χ3n) is 2.78. The molecule has 17 heavy (non-hydrogen) atoms. The summed E-state index contributed by atoms with van der Waals surface area (Å²) < 4.78 is 6.69. The lowest BCUT2D eigenvalue weighted by atomic mass is 10.1. The van der Waals surface area contributed by atoms with Crippen molar-refractivity contribution in [2.75, 3.05) is 13.2 Å². The highest BCUT2D eigenvalue weighted by Gasteiger charge is 2.18. The standard InChI is InChI=1S/C13H17BrN2O/c14-11-5-3-10(4-6-11)8-13-16-12(9-17-13)2-1-7-15/h3-6,12H,1-2,7-9,15H2. The highest BCUT2D eigenvalue weighted by Crippen LogP contribution is 2.15. The van der Waals surface area contributed by atoms with E-state index in [9.17, 15) is 0 Å². The fourth-order valence-corrected chi connectivity index (χ4v) is 2.11. The highest BCUT2D eigenvalue weighted by atomic mass is 79.9. The smallest absolute Gasteiger partial charge is 0.188 e. The van der Waals surface area contributed by atoms with Crippen LogP contribution in [0.4, 0.5) is 0 Å². The fourth-order valence-electron chi connectivity index (χ4n) is 1.85.